The van der Waals surface area contributed by atoms with Crippen molar-refractivity contribution >= 4 is 11.7 Å². The lowest BCUT2D eigenvalue weighted by Gasteiger charge is -2.09. The normalized spacial score (nSPS) is 11.9. The number of hydrogen-bond acceptors (Lipinski definition) is 4. The number of aromatic amines is 1. The van der Waals surface area contributed by atoms with Crippen LogP contribution in [0.5, 0.6) is 0 Å². The maximum absolute atomic E-state index is 11.6. The molecule has 2 rings (SSSR count). The summed E-state index contributed by atoms with van der Waals surface area (Å²) in [7, 11) is 0. The summed E-state index contributed by atoms with van der Waals surface area (Å²) in [6.45, 7) is 2.16. The van der Waals surface area contributed by atoms with E-state index in [-0.39, 0.29) is 6.03 Å². The Hall–Kier alpha value is -2.41. The molecule has 0 radical (unpaired) electrons. The summed E-state index contributed by atoms with van der Waals surface area (Å²) >= 11 is 0. The molecule has 0 aliphatic heterocycles. The third-order valence-electron chi connectivity index (χ3n) is 2.76. The molecule has 1 aromatic heterocycles. The highest BCUT2D eigenvalue weighted by Gasteiger charge is 2.04. The number of aromatic nitrogens is 3. The Morgan fingerprint density at radius 1 is 1.40 bits per heavy atom. The van der Waals surface area contributed by atoms with Crippen LogP contribution < -0.4 is 10.6 Å². The summed E-state index contributed by atoms with van der Waals surface area (Å²) in [5.41, 5.74) is 1.48. The van der Waals surface area contributed by atoms with Crippen LogP contribution in [0.4, 0.5) is 10.5 Å². The van der Waals surface area contributed by atoms with Crippen LogP contribution in [-0.2, 0) is 6.42 Å². The second-order valence-electron chi connectivity index (χ2n) is 4.36. The molecule has 0 aliphatic rings. The first-order valence-corrected chi connectivity index (χ1v) is 6.32. The highest BCUT2D eigenvalue weighted by molar-refractivity contribution is 5.89. The van der Waals surface area contributed by atoms with Crippen molar-refractivity contribution in [2.45, 2.75) is 19.4 Å². The van der Waals surface area contributed by atoms with Gasteiger partial charge in [0, 0.05) is 18.7 Å². The minimum absolute atomic E-state index is 0.283. The molecule has 0 aliphatic carbocycles. The molecule has 7 heteroatoms. The molecule has 7 nitrogen and oxygen atoms in total. The van der Waals surface area contributed by atoms with Gasteiger partial charge in [0.25, 0.3) is 0 Å². The number of carbonyl (C=O) groups is 1. The van der Waals surface area contributed by atoms with Gasteiger partial charge in [-0.05, 0) is 24.6 Å². The number of aliphatic hydroxyl groups excluding tert-OH is 1. The fourth-order valence-corrected chi connectivity index (χ4v) is 1.67. The SMILES string of the molecule is CC(O)c1ccc(NC(=O)NCCc2ncn[nH]2)cc1. The first kappa shape index (κ1) is 14.0. The van der Waals surface area contributed by atoms with Crippen molar-refractivity contribution in [3.05, 3.63) is 42.0 Å². The summed E-state index contributed by atoms with van der Waals surface area (Å²) in [6, 6.07) is 6.76. The Labute approximate surface area is 116 Å². The number of aliphatic hydroxyl groups is 1. The number of hydrogen-bond donors (Lipinski definition) is 4. The van der Waals surface area contributed by atoms with E-state index in [0.29, 0.717) is 18.7 Å². The predicted molar refractivity (Wildman–Crippen MR) is 74.2 cm³/mol. The molecule has 1 unspecified atom stereocenters. The van der Waals surface area contributed by atoms with E-state index in [1.54, 1.807) is 31.2 Å². The number of benzene rings is 1. The molecule has 106 valence electrons. The summed E-state index contributed by atoms with van der Waals surface area (Å²) in [5, 5.41) is 21.3. The monoisotopic (exact) mass is 275 g/mol. The Bertz CT molecular complexity index is 536. The van der Waals surface area contributed by atoms with Crippen molar-refractivity contribution in [1.29, 1.82) is 0 Å². The van der Waals surface area contributed by atoms with Crippen LogP contribution >= 0.6 is 0 Å². The van der Waals surface area contributed by atoms with Gasteiger partial charge in [-0.25, -0.2) is 9.78 Å². The van der Waals surface area contributed by atoms with E-state index in [1.165, 1.54) is 6.33 Å². The standard InChI is InChI=1S/C13H17N5O2/c1-9(19)10-2-4-11(5-3-10)17-13(20)14-7-6-12-15-8-16-18-12/h2-5,8-9,19H,6-7H2,1H3,(H2,14,17,20)(H,15,16,18). The molecule has 1 atom stereocenters. The van der Waals surface area contributed by atoms with Gasteiger partial charge < -0.3 is 15.7 Å². The lowest BCUT2D eigenvalue weighted by Crippen LogP contribution is -2.30. The van der Waals surface area contributed by atoms with Crippen molar-refractivity contribution in [2.24, 2.45) is 0 Å². The summed E-state index contributed by atoms with van der Waals surface area (Å²) in [6.07, 6.45) is 1.51. The lowest BCUT2D eigenvalue weighted by molar-refractivity contribution is 0.199. The summed E-state index contributed by atoms with van der Waals surface area (Å²) in [5.74, 6) is 0.728. The molecular formula is C13H17N5O2. The average molecular weight is 275 g/mol. The van der Waals surface area contributed by atoms with Crippen molar-refractivity contribution in [2.75, 3.05) is 11.9 Å². The van der Waals surface area contributed by atoms with Crippen molar-refractivity contribution < 1.29 is 9.90 Å². The fourth-order valence-electron chi connectivity index (χ4n) is 1.67. The molecular weight excluding hydrogens is 258 g/mol. The van der Waals surface area contributed by atoms with Gasteiger partial charge in [0.1, 0.15) is 12.2 Å². The topological polar surface area (TPSA) is 103 Å². The summed E-state index contributed by atoms with van der Waals surface area (Å²) in [4.78, 5) is 15.6. The van der Waals surface area contributed by atoms with Crippen LogP contribution in [-0.4, -0.2) is 32.9 Å². The molecule has 2 aromatic rings. The van der Waals surface area contributed by atoms with Crippen LogP contribution in [0.15, 0.2) is 30.6 Å². The van der Waals surface area contributed by atoms with Gasteiger partial charge >= 0.3 is 6.03 Å². The number of rotatable bonds is 5. The zero-order valence-corrected chi connectivity index (χ0v) is 11.1. The Kier molecular flexibility index (Phi) is 4.67. The molecule has 4 N–H and O–H groups in total. The smallest absolute Gasteiger partial charge is 0.319 e. The van der Waals surface area contributed by atoms with Gasteiger partial charge in [-0.3, -0.25) is 5.10 Å². The van der Waals surface area contributed by atoms with Crippen LogP contribution in [0.2, 0.25) is 0 Å². The first-order chi connectivity index (χ1) is 9.65. The molecule has 0 saturated carbocycles. The molecule has 0 spiro atoms. The highest BCUT2D eigenvalue weighted by Crippen LogP contribution is 2.15. The average Bonchev–Trinajstić information content (AvgIpc) is 2.92. The minimum atomic E-state index is -0.514. The maximum Gasteiger partial charge on any atom is 0.319 e. The molecule has 20 heavy (non-hydrogen) atoms. The van der Waals surface area contributed by atoms with Crippen LogP contribution in [0.25, 0.3) is 0 Å². The van der Waals surface area contributed by atoms with E-state index < -0.39 is 6.10 Å². The fraction of sp³-hybridized carbons (Fsp3) is 0.308. The molecule has 0 fully saturated rings. The third kappa shape index (κ3) is 4.06. The molecule has 1 aromatic carbocycles. The Balaban J connectivity index is 1.76. The zero-order chi connectivity index (χ0) is 14.4. The molecule has 0 bridgehead atoms. The van der Waals surface area contributed by atoms with Crippen LogP contribution in [0.1, 0.15) is 24.4 Å². The van der Waals surface area contributed by atoms with E-state index in [0.717, 1.165) is 11.4 Å². The molecule has 1 heterocycles. The number of amides is 2. The van der Waals surface area contributed by atoms with Crippen LogP contribution in [0.3, 0.4) is 0 Å². The minimum Gasteiger partial charge on any atom is -0.389 e. The second-order valence-corrected chi connectivity index (χ2v) is 4.36. The lowest BCUT2D eigenvalue weighted by atomic mass is 10.1. The number of urea groups is 1. The van der Waals surface area contributed by atoms with Gasteiger partial charge in [-0.1, -0.05) is 12.1 Å². The maximum atomic E-state index is 11.6. The van der Waals surface area contributed by atoms with Gasteiger partial charge in [-0.2, -0.15) is 5.10 Å². The number of nitrogens with one attached hydrogen (secondary N) is 3. The highest BCUT2D eigenvalue weighted by atomic mass is 16.3. The van der Waals surface area contributed by atoms with Crippen molar-refractivity contribution in [1.82, 2.24) is 20.5 Å². The van der Waals surface area contributed by atoms with E-state index in [9.17, 15) is 9.90 Å². The van der Waals surface area contributed by atoms with Crippen molar-refractivity contribution in [3.8, 4) is 0 Å². The number of carbonyl (C=O) groups excluding carboxylic acids is 1. The van der Waals surface area contributed by atoms with Gasteiger partial charge in [0.05, 0.1) is 6.10 Å². The van der Waals surface area contributed by atoms with E-state index in [2.05, 4.69) is 25.8 Å². The third-order valence-corrected chi connectivity index (χ3v) is 2.76. The molecule has 0 saturated heterocycles. The van der Waals surface area contributed by atoms with Crippen LogP contribution in [0, 0.1) is 0 Å². The molecule has 2 amide bonds. The first-order valence-electron chi connectivity index (χ1n) is 6.32. The predicted octanol–water partition coefficient (Wildman–Crippen LogP) is 1.22. The second kappa shape index (κ2) is 6.67. The number of H-pyrrole nitrogens is 1. The van der Waals surface area contributed by atoms with E-state index >= 15 is 0 Å². The van der Waals surface area contributed by atoms with Gasteiger partial charge in [-0.15, -0.1) is 0 Å². The zero-order valence-electron chi connectivity index (χ0n) is 11.1. The number of anilines is 1. The number of nitrogens with zero attached hydrogens (tertiary/aromatic N) is 2. The van der Waals surface area contributed by atoms with Gasteiger partial charge in [0.15, 0.2) is 0 Å². The largest absolute Gasteiger partial charge is 0.389 e. The Morgan fingerprint density at radius 2 is 2.15 bits per heavy atom. The van der Waals surface area contributed by atoms with E-state index in [1.807, 2.05) is 0 Å². The summed E-state index contributed by atoms with van der Waals surface area (Å²) < 4.78 is 0. The van der Waals surface area contributed by atoms with E-state index in [4.69, 9.17) is 0 Å². The van der Waals surface area contributed by atoms with Crippen molar-refractivity contribution in [3.63, 3.8) is 0 Å². The van der Waals surface area contributed by atoms with Gasteiger partial charge in [0.2, 0.25) is 0 Å². The Morgan fingerprint density at radius 3 is 2.75 bits per heavy atom. The quantitative estimate of drug-likeness (QED) is 0.658.